The molecule has 0 aliphatic heterocycles. The lowest BCUT2D eigenvalue weighted by Gasteiger charge is -2.07. The van der Waals surface area contributed by atoms with E-state index in [4.69, 9.17) is 0 Å². The van der Waals surface area contributed by atoms with Gasteiger partial charge < -0.3 is 0 Å². The van der Waals surface area contributed by atoms with Crippen LogP contribution in [-0.2, 0) is 0 Å². The number of halogens is 4. The minimum atomic E-state index is -1.44. The molecule has 1 rings (SSSR count). The summed E-state index contributed by atoms with van der Waals surface area (Å²) in [6, 6.07) is 0. The molecule has 0 saturated carbocycles. The molecule has 0 N–H and O–H groups in total. The van der Waals surface area contributed by atoms with Crippen LogP contribution >= 0.6 is 15.9 Å². The second-order valence-corrected chi connectivity index (χ2v) is 3.59. The molecular formula is C10H8BrF3. The number of hydrogen-bond acceptors (Lipinski definition) is 0. The summed E-state index contributed by atoms with van der Waals surface area (Å²) < 4.78 is 39.0. The van der Waals surface area contributed by atoms with Gasteiger partial charge in [-0.15, -0.1) is 0 Å². The number of benzene rings is 1. The molecule has 1 aromatic carbocycles. The lowest BCUT2D eigenvalue weighted by atomic mass is 10.1. The maximum absolute atomic E-state index is 13.1. The van der Waals surface area contributed by atoms with Gasteiger partial charge in [0.05, 0.1) is 4.47 Å². The quantitative estimate of drug-likeness (QED) is 0.527. The van der Waals surface area contributed by atoms with Gasteiger partial charge in [-0.2, -0.15) is 0 Å². The minimum Gasteiger partial charge on any atom is -0.203 e. The van der Waals surface area contributed by atoms with Crippen molar-refractivity contribution < 1.29 is 13.2 Å². The second kappa shape index (κ2) is 4.17. The Bertz CT molecular complexity index is 368. The maximum Gasteiger partial charge on any atom is 0.195 e. The Morgan fingerprint density at radius 1 is 1.07 bits per heavy atom. The fourth-order valence-electron chi connectivity index (χ4n) is 1.12. The standard InChI is InChI=1S/C10H8BrF3/c1-3-4-6-5(2)8(12)10(14)9(13)7(6)11/h3-4H,1-2H3/b4-3+. The van der Waals surface area contributed by atoms with Crippen LogP contribution in [0.5, 0.6) is 0 Å². The smallest absolute Gasteiger partial charge is 0.195 e. The van der Waals surface area contributed by atoms with E-state index in [-0.39, 0.29) is 10.0 Å². The first-order valence-electron chi connectivity index (χ1n) is 3.96. The van der Waals surface area contributed by atoms with E-state index in [2.05, 4.69) is 15.9 Å². The van der Waals surface area contributed by atoms with Crippen LogP contribution in [0.2, 0.25) is 0 Å². The zero-order valence-corrected chi connectivity index (χ0v) is 9.25. The predicted octanol–water partition coefficient (Wildman–Crippen LogP) is 4.21. The summed E-state index contributed by atoms with van der Waals surface area (Å²) in [5.74, 6) is -3.78. The molecule has 0 fully saturated rings. The van der Waals surface area contributed by atoms with E-state index in [0.717, 1.165) is 0 Å². The van der Waals surface area contributed by atoms with Crippen molar-refractivity contribution in [1.29, 1.82) is 0 Å². The fourth-order valence-corrected chi connectivity index (χ4v) is 1.73. The highest BCUT2D eigenvalue weighted by Crippen LogP contribution is 2.29. The Morgan fingerprint density at radius 3 is 2.14 bits per heavy atom. The summed E-state index contributed by atoms with van der Waals surface area (Å²) in [7, 11) is 0. The van der Waals surface area contributed by atoms with Crippen LogP contribution in [0.25, 0.3) is 6.08 Å². The van der Waals surface area contributed by atoms with Gasteiger partial charge >= 0.3 is 0 Å². The van der Waals surface area contributed by atoms with Gasteiger partial charge in [0.2, 0.25) is 0 Å². The summed E-state index contributed by atoms with van der Waals surface area (Å²) >= 11 is 2.88. The molecule has 0 unspecified atom stereocenters. The number of hydrogen-bond donors (Lipinski definition) is 0. The van der Waals surface area contributed by atoms with Crippen LogP contribution in [0.15, 0.2) is 10.5 Å². The van der Waals surface area contributed by atoms with E-state index >= 15 is 0 Å². The Morgan fingerprint density at radius 2 is 1.64 bits per heavy atom. The molecule has 0 saturated heterocycles. The summed E-state index contributed by atoms with van der Waals surface area (Å²) in [5.41, 5.74) is 0.415. The molecule has 0 radical (unpaired) electrons. The summed E-state index contributed by atoms with van der Waals surface area (Å²) in [6.45, 7) is 3.11. The number of allylic oxidation sites excluding steroid dienone is 1. The Balaban J connectivity index is 3.59. The van der Waals surface area contributed by atoms with E-state index < -0.39 is 17.5 Å². The average molecular weight is 265 g/mol. The van der Waals surface area contributed by atoms with Crippen molar-refractivity contribution in [3.63, 3.8) is 0 Å². The second-order valence-electron chi connectivity index (χ2n) is 2.79. The molecule has 0 amide bonds. The topological polar surface area (TPSA) is 0 Å². The van der Waals surface area contributed by atoms with Gasteiger partial charge in [-0.05, 0) is 40.9 Å². The van der Waals surface area contributed by atoms with Gasteiger partial charge in [0, 0.05) is 0 Å². The van der Waals surface area contributed by atoms with Gasteiger partial charge in [-0.1, -0.05) is 12.2 Å². The molecular weight excluding hydrogens is 257 g/mol. The summed E-state index contributed by atoms with van der Waals surface area (Å²) in [6.07, 6.45) is 3.15. The molecule has 0 atom stereocenters. The van der Waals surface area contributed by atoms with Crippen LogP contribution in [0, 0.1) is 24.4 Å². The van der Waals surface area contributed by atoms with Gasteiger partial charge in [0.1, 0.15) is 0 Å². The Kier molecular flexibility index (Phi) is 3.37. The molecule has 1 aromatic rings. The minimum absolute atomic E-state index is 0.0491. The predicted molar refractivity (Wildman–Crippen MR) is 53.5 cm³/mol. The molecule has 0 aliphatic carbocycles. The van der Waals surface area contributed by atoms with Gasteiger partial charge in [-0.3, -0.25) is 0 Å². The monoisotopic (exact) mass is 264 g/mol. The van der Waals surface area contributed by atoms with Crippen LogP contribution in [-0.4, -0.2) is 0 Å². The zero-order chi connectivity index (χ0) is 10.9. The van der Waals surface area contributed by atoms with Crippen molar-refractivity contribution >= 4 is 22.0 Å². The molecule has 0 nitrogen and oxygen atoms in total. The van der Waals surface area contributed by atoms with Crippen molar-refractivity contribution in [3.05, 3.63) is 39.1 Å². The van der Waals surface area contributed by atoms with Crippen molar-refractivity contribution in [1.82, 2.24) is 0 Å². The van der Waals surface area contributed by atoms with E-state index in [1.165, 1.54) is 13.0 Å². The first kappa shape index (κ1) is 11.3. The van der Waals surface area contributed by atoms with Crippen molar-refractivity contribution in [2.45, 2.75) is 13.8 Å². The normalized spacial score (nSPS) is 11.3. The van der Waals surface area contributed by atoms with Gasteiger partial charge in [0.25, 0.3) is 0 Å². The zero-order valence-electron chi connectivity index (χ0n) is 7.67. The van der Waals surface area contributed by atoms with E-state index in [1.807, 2.05) is 0 Å². The van der Waals surface area contributed by atoms with Crippen LogP contribution in [0.3, 0.4) is 0 Å². The van der Waals surface area contributed by atoms with Crippen LogP contribution < -0.4 is 0 Å². The SMILES string of the molecule is C/C=C/c1c(C)c(F)c(F)c(F)c1Br. The van der Waals surface area contributed by atoms with E-state index in [0.29, 0.717) is 5.56 Å². The first-order valence-corrected chi connectivity index (χ1v) is 4.75. The Hall–Kier alpha value is -0.770. The molecule has 76 valence electrons. The molecule has 0 aliphatic rings. The Labute approximate surface area is 88.6 Å². The molecule has 14 heavy (non-hydrogen) atoms. The summed E-state index contributed by atoms with van der Waals surface area (Å²) in [4.78, 5) is 0. The largest absolute Gasteiger partial charge is 0.203 e. The lowest BCUT2D eigenvalue weighted by Crippen LogP contribution is -1.99. The molecule has 0 spiro atoms. The highest BCUT2D eigenvalue weighted by Gasteiger charge is 2.19. The van der Waals surface area contributed by atoms with E-state index in [1.54, 1.807) is 13.0 Å². The summed E-state index contributed by atoms with van der Waals surface area (Å²) in [5, 5.41) is 0. The molecule has 0 aromatic heterocycles. The first-order chi connectivity index (χ1) is 6.50. The van der Waals surface area contributed by atoms with Crippen LogP contribution in [0.4, 0.5) is 13.2 Å². The third-order valence-electron chi connectivity index (χ3n) is 1.88. The van der Waals surface area contributed by atoms with Crippen molar-refractivity contribution in [3.8, 4) is 0 Å². The van der Waals surface area contributed by atoms with Gasteiger partial charge in [0.15, 0.2) is 17.5 Å². The van der Waals surface area contributed by atoms with E-state index in [9.17, 15) is 13.2 Å². The van der Waals surface area contributed by atoms with Crippen LogP contribution in [0.1, 0.15) is 18.1 Å². The number of rotatable bonds is 1. The third-order valence-corrected chi connectivity index (χ3v) is 2.66. The van der Waals surface area contributed by atoms with Crippen molar-refractivity contribution in [2.75, 3.05) is 0 Å². The van der Waals surface area contributed by atoms with Crippen molar-refractivity contribution in [2.24, 2.45) is 0 Å². The third kappa shape index (κ3) is 1.71. The van der Waals surface area contributed by atoms with Gasteiger partial charge in [-0.25, -0.2) is 13.2 Å². The maximum atomic E-state index is 13.1. The molecule has 0 heterocycles. The lowest BCUT2D eigenvalue weighted by molar-refractivity contribution is 0.440. The highest BCUT2D eigenvalue weighted by molar-refractivity contribution is 9.10. The molecule has 0 bridgehead atoms. The highest BCUT2D eigenvalue weighted by atomic mass is 79.9. The fraction of sp³-hybridized carbons (Fsp3) is 0.200. The average Bonchev–Trinajstić information content (AvgIpc) is 2.19. The molecule has 4 heteroatoms.